The van der Waals surface area contributed by atoms with Gasteiger partial charge in [-0.05, 0) is 11.6 Å². The Bertz CT molecular complexity index is 392. The number of urea groups is 1. The molecule has 3 amide bonds. The first-order chi connectivity index (χ1) is 7.16. The molecule has 1 atom stereocenters. The lowest BCUT2D eigenvalue weighted by Crippen LogP contribution is -2.44. The van der Waals surface area contributed by atoms with Crippen LogP contribution in [0.25, 0.3) is 0 Å². The van der Waals surface area contributed by atoms with Gasteiger partial charge in [-0.3, -0.25) is 10.1 Å². The van der Waals surface area contributed by atoms with Gasteiger partial charge in [0.15, 0.2) is 0 Å². The third-order valence-corrected chi connectivity index (χ3v) is 2.33. The van der Waals surface area contributed by atoms with Gasteiger partial charge in [0.1, 0.15) is 6.04 Å². The lowest BCUT2D eigenvalue weighted by Gasteiger charge is -2.09. The standard InChI is InChI=1S/C10H11N3O2/c11-10(15)13-9(14)8-5-6-3-1-2-4-7(6)12-8/h1-4,8,12H,5H2,(H3,11,13,14,15). The quantitative estimate of drug-likeness (QED) is 0.613. The van der Waals surface area contributed by atoms with Gasteiger partial charge in [-0.1, -0.05) is 18.2 Å². The van der Waals surface area contributed by atoms with E-state index in [4.69, 9.17) is 5.73 Å². The molecule has 0 spiro atoms. The van der Waals surface area contributed by atoms with Crippen LogP contribution < -0.4 is 16.4 Å². The molecule has 5 nitrogen and oxygen atoms in total. The molecule has 1 aromatic rings. The van der Waals surface area contributed by atoms with Crippen molar-refractivity contribution in [2.24, 2.45) is 5.73 Å². The smallest absolute Gasteiger partial charge is 0.318 e. The molecule has 0 fully saturated rings. The zero-order valence-electron chi connectivity index (χ0n) is 7.99. The molecule has 1 heterocycles. The molecule has 1 aliphatic rings. The maximum Gasteiger partial charge on any atom is 0.318 e. The van der Waals surface area contributed by atoms with Crippen LogP contribution in [0.1, 0.15) is 5.56 Å². The van der Waals surface area contributed by atoms with Crippen molar-refractivity contribution in [3.63, 3.8) is 0 Å². The molecule has 1 unspecified atom stereocenters. The van der Waals surface area contributed by atoms with Crippen LogP contribution in [0.2, 0.25) is 0 Å². The SMILES string of the molecule is NC(=O)NC(=O)C1Cc2ccccc2N1. The van der Waals surface area contributed by atoms with E-state index in [9.17, 15) is 9.59 Å². The minimum atomic E-state index is -0.822. The van der Waals surface area contributed by atoms with Gasteiger partial charge in [0.2, 0.25) is 0 Å². The number of benzene rings is 1. The summed E-state index contributed by atoms with van der Waals surface area (Å²) in [7, 11) is 0. The first kappa shape index (κ1) is 9.51. The Kier molecular flexibility index (Phi) is 2.29. The van der Waals surface area contributed by atoms with Crippen LogP contribution in [-0.2, 0) is 11.2 Å². The number of fused-ring (bicyclic) bond motifs is 1. The third-order valence-electron chi connectivity index (χ3n) is 2.33. The Labute approximate surface area is 86.6 Å². The van der Waals surface area contributed by atoms with Gasteiger partial charge in [-0.15, -0.1) is 0 Å². The normalized spacial score (nSPS) is 17.7. The largest absolute Gasteiger partial charge is 0.373 e. The molecule has 0 bridgehead atoms. The summed E-state index contributed by atoms with van der Waals surface area (Å²) in [5.41, 5.74) is 6.87. The average Bonchev–Trinajstić information content (AvgIpc) is 2.59. The highest BCUT2D eigenvalue weighted by Gasteiger charge is 2.26. The predicted octanol–water partition coefficient (Wildman–Crippen LogP) is 0.218. The molecule has 4 N–H and O–H groups in total. The van der Waals surface area contributed by atoms with E-state index >= 15 is 0 Å². The summed E-state index contributed by atoms with van der Waals surface area (Å²) in [6.07, 6.45) is 0.579. The van der Waals surface area contributed by atoms with E-state index in [-0.39, 0.29) is 0 Å². The van der Waals surface area contributed by atoms with Crippen molar-refractivity contribution in [2.45, 2.75) is 12.5 Å². The van der Waals surface area contributed by atoms with E-state index in [0.29, 0.717) is 6.42 Å². The maximum atomic E-state index is 11.4. The fraction of sp³-hybridized carbons (Fsp3) is 0.200. The molecule has 78 valence electrons. The number of hydrogen-bond donors (Lipinski definition) is 3. The number of nitrogens with one attached hydrogen (secondary N) is 2. The van der Waals surface area contributed by atoms with Crippen LogP contribution in [0.5, 0.6) is 0 Å². The molecule has 5 heteroatoms. The van der Waals surface area contributed by atoms with Gasteiger partial charge >= 0.3 is 6.03 Å². The van der Waals surface area contributed by atoms with Gasteiger partial charge in [0.25, 0.3) is 5.91 Å². The van der Waals surface area contributed by atoms with Gasteiger partial charge in [0.05, 0.1) is 0 Å². The molecule has 0 saturated carbocycles. The second kappa shape index (κ2) is 3.61. The monoisotopic (exact) mass is 205 g/mol. The number of hydrogen-bond acceptors (Lipinski definition) is 3. The lowest BCUT2D eigenvalue weighted by atomic mass is 10.1. The average molecular weight is 205 g/mol. The van der Waals surface area contributed by atoms with Crippen LogP contribution in [0.4, 0.5) is 10.5 Å². The minimum absolute atomic E-state index is 0.390. The molecule has 0 aromatic heterocycles. The summed E-state index contributed by atoms with van der Waals surface area (Å²) in [6.45, 7) is 0. The van der Waals surface area contributed by atoms with Crippen molar-refractivity contribution in [3.05, 3.63) is 29.8 Å². The summed E-state index contributed by atoms with van der Waals surface area (Å²) >= 11 is 0. The Balaban J connectivity index is 2.07. The first-order valence-corrected chi connectivity index (χ1v) is 4.61. The van der Waals surface area contributed by atoms with Crippen molar-refractivity contribution in [1.82, 2.24) is 5.32 Å². The summed E-state index contributed by atoms with van der Waals surface area (Å²) in [6, 6.07) is 6.41. The number of carbonyl (C=O) groups excluding carboxylic acids is 2. The molecule has 2 rings (SSSR count). The van der Waals surface area contributed by atoms with E-state index in [1.54, 1.807) is 0 Å². The number of carbonyl (C=O) groups is 2. The Morgan fingerprint density at radius 3 is 2.80 bits per heavy atom. The Hall–Kier alpha value is -2.04. The van der Waals surface area contributed by atoms with Crippen molar-refractivity contribution >= 4 is 17.6 Å². The number of amides is 3. The van der Waals surface area contributed by atoms with Crippen molar-refractivity contribution in [3.8, 4) is 0 Å². The van der Waals surface area contributed by atoms with Gasteiger partial charge in [0, 0.05) is 12.1 Å². The van der Waals surface area contributed by atoms with Crippen molar-refractivity contribution in [2.75, 3.05) is 5.32 Å². The molecule has 1 aromatic carbocycles. The highest BCUT2D eigenvalue weighted by atomic mass is 16.2. The number of primary amides is 1. The van der Waals surface area contributed by atoms with Gasteiger partial charge in [-0.25, -0.2) is 4.79 Å². The lowest BCUT2D eigenvalue weighted by molar-refractivity contribution is -0.120. The second-order valence-electron chi connectivity index (χ2n) is 3.41. The minimum Gasteiger partial charge on any atom is -0.373 e. The zero-order chi connectivity index (χ0) is 10.8. The van der Waals surface area contributed by atoms with Crippen LogP contribution in [0.15, 0.2) is 24.3 Å². The van der Waals surface area contributed by atoms with Crippen molar-refractivity contribution in [1.29, 1.82) is 0 Å². The summed E-state index contributed by atoms with van der Waals surface area (Å²) < 4.78 is 0. The number of anilines is 1. The molecular formula is C10H11N3O2. The van der Waals surface area contributed by atoms with Crippen LogP contribution in [0.3, 0.4) is 0 Å². The predicted molar refractivity (Wildman–Crippen MR) is 55.3 cm³/mol. The Morgan fingerprint density at radius 2 is 2.13 bits per heavy atom. The van der Waals surface area contributed by atoms with E-state index < -0.39 is 18.0 Å². The second-order valence-corrected chi connectivity index (χ2v) is 3.41. The zero-order valence-corrected chi connectivity index (χ0v) is 7.99. The molecule has 0 aliphatic carbocycles. The summed E-state index contributed by atoms with van der Waals surface area (Å²) in [5, 5.41) is 5.08. The van der Waals surface area contributed by atoms with E-state index in [1.807, 2.05) is 24.3 Å². The summed E-state index contributed by atoms with van der Waals surface area (Å²) in [4.78, 5) is 22.0. The van der Waals surface area contributed by atoms with E-state index in [0.717, 1.165) is 11.3 Å². The Morgan fingerprint density at radius 1 is 1.40 bits per heavy atom. The highest BCUT2D eigenvalue weighted by molar-refractivity contribution is 5.98. The van der Waals surface area contributed by atoms with E-state index in [1.165, 1.54) is 0 Å². The number of para-hydroxylation sites is 1. The fourth-order valence-corrected chi connectivity index (χ4v) is 1.66. The summed E-state index contributed by atoms with van der Waals surface area (Å²) in [5.74, 6) is -0.390. The fourth-order valence-electron chi connectivity index (χ4n) is 1.66. The van der Waals surface area contributed by atoms with Gasteiger partial charge < -0.3 is 11.1 Å². The number of imide groups is 1. The molecule has 1 aliphatic heterocycles. The van der Waals surface area contributed by atoms with Crippen LogP contribution in [0, 0.1) is 0 Å². The van der Waals surface area contributed by atoms with Crippen LogP contribution in [-0.4, -0.2) is 18.0 Å². The molecule has 0 radical (unpaired) electrons. The number of rotatable bonds is 1. The molecular weight excluding hydrogens is 194 g/mol. The third kappa shape index (κ3) is 1.90. The van der Waals surface area contributed by atoms with E-state index in [2.05, 4.69) is 10.6 Å². The van der Waals surface area contributed by atoms with Crippen LogP contribution >= 0.6 is 0 Å². The highest BCUT2D eigenvalue weighted by Crippen LogP contribution is 2.24. The molecule has 15 heavy (non-hydrogen) atoms. The van der Waals surface area contributed by atoms with Gasteiger partial charge in [-0.2, -0.15) is 0 Å². The number of nitrogens with two attached hydrogens (primary N) is 1. The first-order valence-electron chi connectivity index (χ1n) is 4.61. The maximum absolute atomic E-state index is 11.4. The molecule has 0 saturated heterocycles. The van der Waals surface area contributed by atoms with Crippen molar-refractivity contribution < 1.29 is 9.59 Å². The topological polar surface area (TPSA) is 84.2 Å².